The van der Waals surface area contributed by atoms with Gasteiger partial charge in [-0.15, -0.1) is 10.1 Å². The van der Waals surface area contributed by atoms with E-state index in [1.54, 1.807) is 18.2 Å². The molecule has 0 aromatic heterocycles. The molecule has 0 radical (unpaired) electrons. The van der Waals surface area contributed by atoms with Crippen molar-refractivity contribution in [2.75, 3.05) is 0 Å². The van der Waals surface area contributed by atoms with Gasteiger partial charge in [-0.25, -0.2) is 0 Å². The van der Waals surface area contributed by atoms with Gasteiger partial charge >= 0.3 is 0 Å². The number of hydrogen-bond donors (Lipinski definition) is 5. The molecule has 0 amide bonds. The lowest BCUT2D eigenvalue weighted by molar-refractivity contribution is -0.742. The Bertz CT molecular complexity index is 506. The highest BCUT2D eigenvalue weighted by atomic mass is 35.5. The van der Waals surface area contributed by atoms with E-state index in [0.717, 1.165) is 10.5 Å². The molecular weight excluding hydrogens is 311 g/mol. The first-order chi connectivity index (χ1) is 9.15. The van der Waals surface area contributed by atoms with Crippen LogP contribution < -0.4 is 11.5 Å². The van der Waals surface area contributed by atoms with Gasteiger partial charge in [0.05, 0.1) is 16.6 Å². The summed E-state index contributed by atoms with van der Waals surface area (Å²) in [4.78, 5) is 9.50. The van der Waals surface area contributed by atoms with E-state index in [2.05, 4.69) is 0 Å². The first-order valence-corrected chi connectivity index (χ1v) is 5.63. The Balaban J connectivity index is 0.000000796. The second kappa shape index (κ2) is 8.02. The second-order valence-electron chi connectivity index (χ2n) is 3.34. The molecule has 0 bridgehead atoms. The van der Waals surface area contributed by atoms with Crippen molar-refractivity contribution in [3.8, 4) is 0 Å². The third-order valence-corrected chi connectivity index (χ3v) is 2.65. The average Bonchev–Trinajstić information content (AvgIpc) is 2.29. The number of nitrogens with one attached hydrogen (secondary N) is 2. The van der Waals surface area contributed by atoms with E-state index in [1.807, 2.05) is 0 Å². The van der Waals surface area contributed by atoms with Gasteiger partial charge in [0.2, 0.25) is 0 Å². The Labute approximate surface area is 123 Å². The summed E-state index contributed by atoms with van der Waals surface area (Å²) in [6, 6.07) is 5.01. The Morgan fingerprint density at radius 3 is 2.10 bits per heavy atom. The second-order valence-corrected chi connectivity index (χ2v) is 4.16. The summed E-state index contributed by atoms with van der Waals surface area (Å²) >= 11 is 11.6. The van der Waals surface area contributed by atoms with Gasteiger partial charge in [0.25, 0.3) is 5.09 Å². The third-order valence-electron chi connectivity index (χ3n) is 1.91. The van der Waals surface area contributed by atoms with Gasteiger partial charge in [-0.1, -0.05) is 29.3 Å². The van der Waals surface area contributed by atoms with Gasteiger partial charge < -0.3 is 16.7 Å². The summed E-state index contributed by atoms with van der Waals surface area (Å²) in [5.41, 5.74) is 11.3. The molecule has 0 unspecified atom stereocenters. The minimum absolute atomic E-state index is 0.210. The molecule has 7 N–H and O–H groups in total. The molecule has 20 heavy (non-hydrogen) atoms. The smallest absolute Gasteiger partial charge is 0.291 e. The van der Waals surface area contributed by atoms with Crippen LogP contribution in [0.2, 0.25) is 10.0 Å². The molecule has 110 valence electrons. The van der Waals surface area contributed by atoms with Crippen LogP contribution in [0.1, 0.15) is 5.56 Å². The first-order valence-electron chi connectivity index (χ1n) is 4.88. The van der Waals surface area contributed by atoms with Crippen LogP contribution in [-0.4, -0.2) is 27.1 Å². The van der Waals surface area contributed by atoms with E-state index in [4.69, 9.17) is 60.8 Å². The van der Waals surface area contributed by atoms with E-state index in [1.165, 1.54) is 0 Å². The number of rotatable bonds is 2. The number of nitrogens with two attached hydrogens (primary N) is 2. The fourth-order valence-electron chi connectivity index (χ4n) is 1.12. The lowest BCUT2D eigenvalue weighted by atomic mass is 10.2. The predicted octanol–water partition coefficient (Wildman–Crippen LogP) is 1.23. The van der Waals surface area contributed by atoms with Crippen LogP contribution in [0.4, 0.5) is 0 Å². The van der Waals surface area contributed by atoms with Crippen molar-refractivity contribution >= 4 is 35.1 Å². The fourth-order valence-corrected chi connectivity index (χ4v) is 1.44. The molecule has 0 aliphatic carbocycles. The van der Waals surface area contributed by atoms with Crippen molar-refractivity contribution in [1.29, 1.82) is 10.8 Å². The summed E-state index contributed by atoms with van der Waals surface area (Å²) in [5, 5.41) is 29.0. The van der Waals surface area contributed by atoms with Crippen molar-refractivity contribution in [3.63, 3.8) is 0 Å². The zero-order chi connectivity index (χ0) is 15.9. The quantitative estimate of drug-likeness (QED) is 0.237. The first kappa shape index (κ1) is 17.7. The highest BCUT2D eigenvalue weighted by molar-refractivity contribution is 6.42. The third kappa shape index (κ3) is 6.61. The zero-order valence-corrected chi connectivity index (χ0v) is 11.5. The van der Waals surface area contributed by atoms with Crippen LogP contribution in [0.3, 0.4) is 0 Å². The Morgan fingerprint density at radius 2 is 1.75 bits per heavy atom. The summed E-state index contributed by atoms with van der Waals surface area (Å²) in [6.07, 6.45) is 0. The van der Waals surface area contributed by atoms with Crippen molar-refractivity contribution < 1.29 is 10.3 Å². The Hall–Kier alpha value is -2.26. The number of benzene rings is 1. The van der Waals surface area contributed by atoms with E-state index in [-0.39, 0.29) is 18.5 Å². The molecule has 0 saturated carbocycles. The molecule has 9 nitrogen and oxygen atoms in total. The predicted molar refractivity (Wildman–Crippen MR) is 74.6 cm³/mol. The maximum Gasteiger partial charge on any atom is 0.291 e. The topological polar surface area (TPSA) is 166 Å². The summed E-state index contributed by atoms with van der Waals surface area (Å²) in [7, 11) is 0. The number of nitrogens with zero attached hydrogens (tertiary/aromatic N) is 2. The monoisotopic (exact) mass is 322 g/mol. The normalized spacial score (nSPS) is 9.10. The highest BCUT2D eigenvalue weighted by Crippen LogP contribution is 2.23. The SMILES string of the molecule is N=C(N)N(Cc1ccc(Cl)c(Cl)c1)C(=N)N.O=[N+]([O-])O. The van der Waals surface area contributed by atoms with Crippen molar-refractivity contribution in [2.45, 2.75) is 6.54 Å². The molecule has 0 spiro atoms. The summed E-state index contributed by atoms with van der Waals surface area (Å²) in [6.45, 7) is 0.210. The fraction of sp³-hybridized carbons (Fsp3) is 0.111. The molecule has 0 fully saturated rings. The van der Waals surface area contributed by atoms with Crippen LogP contribution in [0.25, 0.3) is 0 Å². The van der Waals surface area contributed by atoms with Gasteiger partial charge in [0.1, 0.15) is 0 Å². The molecule has 0 aliphatic rings. The van der Waals surface area contributed by atoms with E-state index >= 15 is 0 Å². The van der Waals surface area contributed by atoms with Gasteiger partial charge in [0.15, 0.2) is 11.9 Å². The van der Waals surface area contributed by atoms with Crippen LogP contribution in [0.15, 0.2) is 18.2 Å². The van der Waals surface area contributed by atoms with Crippen LogP contribution in [0.5, 0.6) is 0 Å². The number of guanidine groups is 2. The highest BCUT2D eigenvalue weighted by Gasteiger charge is 2.11. The zero-order valence-electron chi connectivity index (χ0n) is 10.0. The van der Waals surface area contributed by atoms with Gasteiger partial charge in [-0.2, -0.15) is 0 Å². The van der Waals surface area contributed by atoms with Crippen molar-refractivity contribution in [1.82, 2.24) is 4.90 Å². The minimum Gasteiger partial charge on any atom is -0.370 e. The Morgan fingerprint density at radius 1 is 1.30 bits per heavy atom. The molecule has 0 saturated heterocycles. The molecule has 0 aliphatic heterocycles. The molecule has 0 heterocycles. The Kier molecular flexibility index (Phi) is 7.11. The maximum absolute atomic E-state index is 8.36. The molecule has 1 rings (SSSR count). The van der Waals surface area contributed by atoms with E-state index < -0.39 is 5.09 Å². The van der Waals surface area contributed by atoms with Crippen LogP contribution in [0, 0.1) is 20.9 Å². The van der Waals surface area contributed by atoms with Crippen molar-refractivity contribution in [3.05, 3.63) is 43.9 Å². The molecule has 0 atom stereocenters. The standard InChI is InChI=1S/C9H11Cl2N5.HNO3/c10-6-2-1-5(3-7(6)11)4-16(8(12)13)9(14)15;2-1(3)4/h1-3H,4H2,(H3,12,13)(H3,14,15);(H,2,3,4). The number of halogens is 2. The largest absolute Gasteiger partial charge is 0.370 e. The van der Waals surface area contributed by atoms with E-state index in [0.29, 0.717) is 10.0 Å². The average molecular weight is 323 g/mol. The molecular formula is C9H12Cl2N6O3. The van der Waals surface area contributed by atoms with Crippen LogP contribution in [-0.2, 0) is 6.54 Å². The van der Waals surface area contributed by atoms with Gasteiger partial charge in [-0.05, 0) is 17.7 Å². The van der Waals surface area contributed by atoms with Gasteiger partial charge in [-0.3, -0.25) is 15.7 Å². The summed E-state index contributed by atoms with van der Waals surface area (Å²) in [5.74, 6) is -0.586. The minimum atomic E-state index is -1.50. The van der Waals surface area contributed by atoms with Gasteiger partial charge in [0, 0.05) is 0 Å². The maximum atomic E-state index is 8.36. The van der Waals surface area contributed by atoms with E-state index in [9.17, 15) is 0 Å². The lowest BCUT2D eigenvalue weighted by Gasteiger charge is -2.20. The lowest BCUT2D eigenvalue weighted by Crippen LogP contribution is -2.44. The molecule has 1 aromatic rings. The molecule has 11 heteroatoms. The number of hydrogen-bond acceptors (Lipinski definition) is 4. The summed E-state index contributed by atoms with van der Waals surface area (Å²) < 4.78 is 0. The molecule has 1 aromatic carbocycles. The van der Waals surface area contributed by atoms with Crippen LogP contribution >= 0.6 is 23.2 Å². The van der Waals surface area contributed by atoms with Crippen molar-refractivity contribution in [2.24, 2.45) is 11.5 Å².